The van der Waals surface area contributed by atoms with Crippen LogP contribution in [-0.2, 0) is 65.4 Å². The molecular weight excluding hydrogens is 1310 g/mol. The first kappa shape index (κ1) is 96.5. The maximum Gasteiger partial charge on any atom is 0.472 e. The standard InChI is InChI=1S/C81H146O17P2/c1-5-9-13-17-21-25-29-33-36-37-40-43-46-50-54-58-62-66-79(84)92-71-76(97-80(85)67-63-59-55-51-47-41-32-28-24-20-16-12-8-4)73-95-99(87,88)93-69-75(82)70-94-100(89,90)96-74-77(98-81(86)68-64-60-56-52-48-44-39-35-31-27-23-19-15-11-7-3)72-91-78(83)65-61-57-53-49-45-42-38-34-30-26-22-18-14-10-6-2/h21,23,25,27,33,35-36,39-40,43,50,54,75-77,82H,5-20,22,24,26,28-32,34,37-38,41-42,44-49,51-53,55-74H2,1-4H3,(H,87,88)(H,89,90)/b25-21-,27-23-,36-33-,39-35-,43-40-,54-50-/t75-,76+,77+/m0/s1. The van der Waals surface area contributed by atoms with Crippen molar-refractivity contribution in [1.29, 1.82) is 0 Å². The van der Waals surface area contributed by atoms with Crippen LogP contribution in [0.5, 0.6) is 0 Å². The molecule has 19 heteroatoms. The Labute approximate surface area is 609 Å². The molecule has 0 aliphatic heterocycles. The summed E-state index contributed by atoms with van der Waals surface area (Å²) in [4.78, 5) is 72.9. The van der Waals surface area contributed by atoms with Crippen molar-refractivity contribution < 1.29 is 80.2 Å². The number of rotatable bonds is 76. The first-order chi connectivity index (χ1) is 48.7. The molecule has 0 aromatic heterocycles. The first-order valence-electron chi connectivity index (χ1n) is 40.2. The maximum absolute atomic E-state index is 13.1. The molecular formula is C81H146O17P2. The zero-order chi connectivity index (χ0) is 73.2. The number of phosphoric ester groups is 2. The van der Waals surface area contributed by atoms with Gasteiger partial charge in [0.2, 0.25) is 0 Å². The molecule has 2 unspecified atom stereocenters. The van der Waals surface area contributed by atoms with Gasteiger partial charge in [0.05, 0.1) is 26.4 Å². The average Bonchev–Trinajstić information content (AvgIpc) is 0.965. The molecule has 0 bridgehead atoms. The minimum Gasteiger partial charge on any atom is -0.462 e. The predicted molar refractivity (Wildman–Crippen MR) is 409 cm³/mol. The highest BCUT2D eigenvalue weighted by Gasteiger charge is 2.30. The molecule has 5 atom stereocenters. The van der Waals surface area contributed by atoms with Crippen molar-refractivity contribution in [1.82, 2.24) is 0 Å². The van der Waals surface area contributed by atoms with E-state index in [1.165, 1.54) is 161 Å². The van der Waals surface area contributed by atoms with Gasteiger partial charge in [0.1, 0.15) is 19.3 Å². The molecule has 0 aliphatic carbocycles. The van der Waals surface area contributed by atoms with Gasteiger partial charge in [0.25, 0.3) is 0 Å². The number of ether oxygens (including phenoxy) is 4. The third-order valence-corrected chi connectivity index (χ3v) is 19.1. The van der Waals surface area contributed by atoms with Gasteiger partial charge in [-0.2, -0.15) is 0 Å². The number of unbranched alkanes of at least 4 members (excludes halogenated alkanes) is 38. The van der Waals surface area contributed by atoms with Gasteiger partial charge in [-0.25, -0.2) is 9.13 Å². The monoisotopic (exact) mass is 1450 g/mol. The Morgan fingerprint density at radius 3 is 0.810 bits per heavy atom. The lowest BCUT2D eigenvalue weighted by Crippen LogP contribution is -2.30. The maximum atomic E-state index is 13.1. The number of esters is 4. The summed E-state index contributed by atoms with van der Waals surface area (Å²) < 4.78 is 68.5. The molecule has 0 saturated heterocycles. The van der Waals surface area contributed by atoms with E-state index >= 15 is 0 Å². The van der Waals surface area contributed by atoms with Crippen LogP contribution in [0.15, 0.2) is 72.9 Å². The molecule has 100 heavy (non-hydrogen) atoms. The van der Waals surface area contributed by atoms with Crippen LogP contribution in [0.2, 0.25) is 0 Å². The van der Waals surface area contributed by atoms with Gasteiger partial charge < -0.3 is 33.8 Å². The van der Waals surface area contributed by atoms with Crippen LogP contribution >= 0.6 is 15.6 Å². The zero-order valence-electron chi connectivity index (χ0n) is 63.6. The van der Waals surface area contributed by atoms with Crippen LogP contribution < -0.4 is 0 Å². The lowest BCUT2D eigenvalue weighted by molar-refractivity contribution is -0.161. The van der Waals surface area contributed by atoms with Gasteiger partial charge in [-0.05, 0) is 96.3 Å². The number of carbonyl (C=O) groups excluding carboxylic acids is 4. The number of allylic oxidation sites excluding steroid dienone is 12. The van der Waals surface area contributed by atoms with Crippen molar-refractivity contribution in [3.8, 4) is 0 Å². The van der Waals surface area contributed by atoms with E-state index in [0.29, 0.717) is 32.1 Å². The van der Waals surface area contributed by atoms with Crippen molar-refractivity contribution >= 4 is 39.5 Å². The number of hydrogen-bond acceptors (Lipinski definition) is 15. The van der Waals surface area contributed by atoms with Crippen molar-refractivity contribution in [2.75, 3.05) is 39.6 Å². The molecule has 0 aromatic rings. The Morgan fingerprint density at radius 1 is 0.280 bits per heavy atom. The van der Waals surface area contributed by atoms with Crippen molar-refractivity contribution in [2.24, 2.45) is 0 Å². The Kier molecular flexibility index (Phi) is 71.2. The quantitative estimate of drug-likeness (QED) is 0.0169. The zero-order valence-corrected chi connectivity index (χ0v) is 65.4. The predicted octanol–water partition coefficient (Wildman–Crippen LogP) is 23.2. The van der Waals surface area contributed by atoms with E-state index in [1.54, 1.807) is 0 Å². The molecule has 0 amide bonds. The number of aliphatic hydroxyl groups is 1. The second-order valence-corrected chi connectivity index (χ2v) is 29.9. The highest BCUT2D eigenvalue weighted by atomic mass is 31.2. The molecule has 0 fully saturated rings. The van der Waals surface area contributed by atoms with Crippen LogP contribution in [0.3, 0.4) is 0 Å². The summed E-state index contributed by atoms with van der Waals surface area (Å²) in [6.07, 6.45) is 74.5. The third-order valence-electron chi connectivity index (χ3n) is 17.2. The highest BCUT2D eigenvalue weighted by molar-refractivity contribution is 7.47. The topological polar surface area (TPSA) is 237 Å². The summed E-state index contributed by atoms with van der Waals surface area (Å²) >= 11 is 0. The first-order valence-corrected chi connectivity index (χ1v) is 43.2. The number of phosphoric acid groups is 2. The molecule has 0 aromatic carbocycles. The largest absolute Gasteiger partial charge is 0.472 e. The second kappa shape index (κ2) is 73.8. The van der Waals surface area contributed by atoms with Crippen LogP contribution in [0.1, 0.15) is 362 Å². The van der Waals surface area contributed by atoms with Crippen LogP contribution in [-0.4, -0.2) is 96.7 Å². The summed E-state index contributed by atoms with van der Waals surface area (Å²) in [6.45, 7) is 4.81. The van der Waals surface area contributed by atoms with Crippen molar-refractivity contribution in [3.63, 3.8) is 0 Å². The molecule has 0 spiro atoms. The summed E-state index contributed by atoms with van der Waals surface area (Å²) in [5.74, 6) is -2.22. The van der Waals surface area contributed by atoms with Gasteiger partial charge >= 0.3 is 39.5 Å². The van der Waals surface area contributed by atoms with Gasteiger partial charge in [-0.15, -0.1) is 0 Å². The molecule has 3 N–H and O–H groups in total. The lowest BCUT2D eigenvalue weighted by Gasteiger charge is -2.21. The molecule has 17 nitrogen and oxygen atoms in total. The summed E-state index contributed by atoms with van der Waals surface area (Å²) in [5, 5.41) is 10.6. The fourth-order valence-corrected chi connectivity index (χ4v) is 12.6. The van der Waals surface area contributed by atoms with E-state index in [0.717, 1.165) is 116 Å². The van der Waals surface area contributed by atoms with Crippen LogP contribution in [0, 0.1) is 0 Å². The van der Waals surface area contributed by atoms with Crippen molar-refractivity contribution in [3.05, 3.63) is 72.9 Å². The van der Waals surface area contributed by atoms with E-state index < -0.39 is 97.5 Å². The van der Waals surface area contributed by atoms with E-state index in [1.807, 2.05) is 12.2 Å². The molecule has 582 valence electrons. The Balaban J connectivity index is 5.37. The smallest absolute Gasteiger partial charge is 0.462 e. The fraction of sp³-hybridized carbons (Fsp3) is 0.802. The molecule has 0 radical (unpaired) electrons. The number of carbonyl (C=O) groups is 4. The minimum absolute atomic E-state index is 0.0824. The van der Waals surface area contributed by atoms with E-state index in [9.17, 15) is 43.2 Å². The van der Waals surface area contributed by atoms with Gasteiger partial charge in [0, 0.05) is 25.7 Å². The SMILES string of the molecule is CCCCC/C=C\C/C=C\C/C=C\C/C=C\CCCC(=O)OC[C@H](COP(=O)(O)OC[C@H](O)COP(=O)(O)OC[C@@H](COC(=O)CCCCCCCCCCCCCCCCC)OC(=O)CCCCCCC/C=C\C/C=C\CCCCC)OC(=O)CCCCCCCCCCCCCCC. The molecule has 0 heterocycles. The van der Waals surface area contributed by atoms with E-state index in [4.69, 9.17) is 37.0 Å². The second-order valence-electron chi connectivity index (χ2n) is 27.0. The Bertz CT molecular complexity index is 2180. The molecule has 0 aliphatic rings. The van der Waals surface area contributed by atoms with Crippen molar-refractivity contribution in [2.45, 2.75) is 380 Å². The van der Waals surface area contributed by atoms with E-state index in [2.05, 4.69) is 88.5 Å². The van der Waals surface area contributed by atoms with Gasteiger partial charge in [0.15, 0.2) is 12.2 Å². The lowest BCUT2D eigenvalue weighted by atomic mass is 10.0. The van der Waals surface area contributed by atoms with E-state index in [-0.39, 0.29) is 25.7 Å². The Morgan fingerprint density at radius 2 is 0.500 bits per heavy atom. The molecule has 0 rings (SSSR count). The minimum atomic E-state index is -4.98. The summed E-state index contributed by atoms with van der Waals surface area (Å²) in [6, 6.07) is 0. The Hall–Kier alpha value is -3.50. The number of aliphatic hydroxyl groups excluding tert-OH is 1. The average molecular weight is 1450 g/mol. The fourth-order valence-electron chi connectivity index (χ4n) is 11.0. The molecule has 0 saturated carbocycles. The van der Waals surface area contributed by atoms with Gasteiger partial charge in [-0.3, -0.25) is 37.3 Å². The van der Waals surface area contributed by atoms with Crippen LogP contribution in [0.4, 0.5) is 0 Å². The number of hydrogen-bond donors (Lipinski definition) is 3. The van der Waals surface area contributed by atoms with Crippen LogP contribution in [0.25, 0.3) is 0 Å². The normalized spacial score (nSPS) is 14.3. The summed E-state index contributed by atoms with van der Waals surface area (Å²) in [5.41, 5.74) is 0. The van der Waals surface area contributed by atoms with Gasteiger partial charge in [-0.1, -0.05) is 312 Å². The highest BCUT2D eigenvalue weighted by Crippen LogP contribution is 2.45. The summed E-state index contributed by atoms with van der Waals surface area (Å²) in [7, 11) is -9.96. The third kappa shape index (κ3) is 72.8.